The molecule has 2 aromatic heterocycles. The van der Waals surface area contributed by atoms with Crippen LogP contribution in [0.5, 0.6) is 0 Å². The molecule has 0 radical (unpaired) electrons. The van der Waals surface area contributed by atoms with Gasteiger partial charge in [-0.1, -0.05) is 35.0 Å². The number of hydrogen-bond acceptors (Lipinski definition) is 4. The molecule has 7 nitrogen and oxygen atoms in total. The second kappa shape index (κ2) is 7.41. The fraction of sp³-hybridized carbons (Fsp3) is 0.200. The molecule has 27 heavy (non-hydrogen) atoms. The lowest BCUT2D eigenvalue weighted by atomic mass is 10.2. The molecule has 0 saturated carbocycles. The third-order valence-corrected chi connectivity index (χ3v) is 4.41. The van der Waals surface area contributed by atoms with E-state index in [1.807, 2.05) is 61.8 Å². The topological polar surface area (TPSA) is 77.6 Å². The third-order valence-electron chi connectivity index (χ3n) is 4.41. The molecule has 0 aliphatic rings. The number of rotatable bonds is 6. The number of amides is 1. The number of aromatic nitrogens is 5. The summed E-state index contributed by atoms with van der Waals surface area (Å²) >= 11 is 0. The number of carbonyl (C=O) groups excluding carboxylic acids is 1. The standard InChI is InChI=1S/C20H20N6O/c1-15-7-9-16(10-8-15)26-13-18(23-24-26)20(27)21-11-4-12-25-14-22-17-5-2-3-6-19(17)25/h2-3,5-10,13-14H,4,11-12H2,1H3,(H,21,27). The van der Waals surface area contributed by atoms with Crippen molar-refractivity contribution in [1.29, 1.82) is 0 Å². The van der Waals surface area contributed by atoms with Crippen molar-refractivity contribution < 1.29 is 4.79 Å². The van der Waals surface area contributed by atoms with E-state index in [9.17, 15) is 4.79 Å². The zero-order chi connectivity index (χ0) is 18.6. The van der Waals surface area contributed by atoms with Crippen LogP contribution in [0.3, 0.4) is 0 Å². The van der Waals surface area contributed by atoms with E-state index in [2.05, 4.69) is 25.2 Å². The van der Waals surface area contributed by atoms with Crippen LogP contribution in [0.1, 0.15) is 22.5 Å². The van der Waals surface area contributed by atoms with Crippen molar-refractivity contribution in [2.24, 2.45) is 0 Å². The Morgan fingerprint density at radius 1 is 1.11 bits per heavy atom. The Balaban J connectivity index is 1.31. The second-order valence-electron chi connectivity index (χ2n) is 6.42. The summed E-state index contributed by atoms with van der Waals surface area (Å²) in [6.07, 6.45) is 4.28. The molecule has 2 aromatic carbocycles. The molecular weight excluding hydrogens is 340 g/mol. The average molecular weight is 360 g/mol. The molecule has 0 bridgehead atoms. The number of carbonyl (C=O) groups is 1. The van der Waals surface area contributed by atoms with Crippen molar-refractivity contribution in [3.05, 3.63) is 72.3 Å². The normalized spacial score (nSPS) is 11.0. The van der Waals surface area contributed by atoms with E-state index in [-0.39, 0.29) is 5.91 Å². The van der Waals surface area contributed by atoms with Gasteiger partial charge in [0.1, 0.15) is 0 Å². The first kappa shape index (κ1) is 17.0. The lowest BCUT2D eigenvalue weighted by Gasteiger charge is -2.05. The maximum absolute atomic E-state index is 12.3. The number of hydrogen-bond donors (Lipinski definition) is 1. The maximum atomic E-state index is 12.3. The smallest absolute Gasteiger partial charge is 0.273 e. The van der Waals surface area contributed by atoms with Gasteiger partial charge in [-0.25, -0.2) is 9.67 Å². The van der Waals surface area contributed by atoms with E-state index in [0.717, 1.165) is 29.7 Å². The van der Waals surface area contributed by atoms with Gasteiger partial charge < -0.3 is 9.88 Å². The molecule has 7 heteroatoms. The molecular formula is C20H20N6O. The van der Waals surface area contributed by atoms with Crippen LogP contribution in [-0.2, 0) is 6.54 Å². The largest absolute Gasteiger partial charge is 0.351 e. The number of imidazole rings is 1. The molecule has 0 unspecified atom stereocenters. The first-order valence-electron chi connectivity index (χ1n) is 8.88. The summed E-state index contributed by atoms with van der Waals surface area (Å²) in [4.78, 5) is 16.6. The minimum absolute atomic E-state index is 0.219. The molecule has 0 atom stereocenters. The molecule has 4 rings (SSSR count). The van der Waals surface area contributed by atoms with E-state index in [1.165, 1.54) is 5.56 Å². The number of aryl methyl sites for hydroxylation is 2. The molecule has 0 aliphatic carbocycles. The fourth-order valence-corrected chi connectivity index (χ4v) is 2.92. The van der Waals surface area contributed by atoms with E-state index < -0.39 is 0 Å². The van der Waals surface area contributed by atoms with E-state index >= 15 is 0 Å². The zero-order valence-corrected chi connectivity index (χ0v) is 15.0. The highest BCUT2D eigenvalue weighted by Gasteiger charge is 2.11. The van der Waals surface area contributed by atoms with Crippen LogP contribution in [0, 0.1) is 6.92 Å². The van der Waals surface area contributed by atoms with Crippen LogP contribution >= 0.6 is 0 Å². The van der Waals surface area contributed by atoms with E-state index in [4.69, 9.17) is 0 Å². The number of fused-ring (bicyclic) bond motifs is 1. The highest BCUT2D eigenvalue weighted by atomic mass is 16.2. The first-order chi connectivity index (χ1) is 13.2. The van der Waals surface area contributed by atoms with Gasteiger partial charge >= 0.3 is 0 Å². The molecule has 2 heterocycles. The van der Waals surface area contributed by atoms with Gasteiger partial charge in [0.2, 0.25) is 0 Å². The number of nitrogens with zero attached hydrogens (tertiary/aromatic N) is 5. The fourth-order valence-electron chi connectivity index (χ4n) is 2.92. The van der Waals surface area contributed by atoms with Crippen LogP contribution in [0.15, 0.2) is 61.1 Å². The first-order valence-corrected chi connectivity index (χ1v) is 8.88. The summed E-state index contributed by atoms with van der Waals surface area (Å²) in [5, 5.41) is 10.9. The van der Waals surface area contributed by atoms with Crippen LogP contribution < -0.4 is 5.32 Å². The summed E-state index contributed by atoms with van der Waals surface area (Å²) in [7, 11) is 0. The van der Waals surface area contributed by atoms with Crippen molar-refractivity contribution in [2.45, 2.75) is 19.9 Å². The number of para-hydroxylation sites is 2. The van der Waals surface area contributed by atoms with Crippen molar-refractivity contribution in [3.8, 4) is 5.69 Å². The monoisotopic (exact) mass is 360 g/mol. The quantitative estimate of drug-likeness (QED) is 0.536. The van der Waals surface area contributed by atoms with Gasteiger partial charge in [-0.3, -0.25) is 4.79 Å². The Morgan fingerprint density at radius 3 is 2.78 bits per heavy atom. The Hall–Kier alpha value is -3.48. The minimum atomic E-state index is -0.219. The Morgan fingerprint density at radius 2 is 1.93 bits per heavy atom. The Kier molecular flexibility index (Phi) is 4.65. The van der Waals surface area contributed by atoms with Crippen molar-refractivity contribution in [3.63, 3.8) is 0 Å². The highest BCUT2D eigenvalue weighted by Crippen LogP contribution is 2.12. The minimum Gasteiger partial charge on any atom is -0.351 e. The van der Waals surface area contributed by atoms with Gasteiger partial charge in [-0.2, -0.15) is 0 Å². The van der Waals surface area contributed by atoms with E-state index in [0.29, 0.717) is 12.2 Å². The highest BCUT2D eigenvalue weighted by molar-refractivity contribution is 5.91. The predicted molar refractivity (Wildman–Crippen MR) is 103 cm³/mol. The summed E-state index contributed by atoms with van der Waals surface area (Å²) in [6, 6.07) is 15.9. The third kappa shape index (κ3) is 3.72. The Bertz CT molecular complexity index is 1060. The lowest BCUT2D eigenvalue weighted by Crippen LogP contribution is -2.25. The van der Waals surface area contributed by atoms with Gasteiger partial charge in [-0.05, 0) is 37.6 Å². The SMILES string of the molecule is Cc1ccc(-n2cc(C(=O)NCCCn3cnc4ccccc43)nn2)cc1. The summed E-state index contributed by atoms with van der Waals surface area (Å²) < 4.78 is 3.70. The maximum Gasteiger partial charge on any atom is 0.273 e. The van der Waals surface area contributed by atoms with E-state index in [1.54, 1.807) is 10.9 Å². The summed E-state index contributed by atoms with van der Waals surface area (Å²) in [6.45, 7) is 3.37. The molecule has 0 aliphatic heterocycles. The van der Waals surface area contributed by atoms with Crippen LogP contribution in [0.4, 0.5) is 0 Å². The van der Waals surface area contributed by atoms with Crippen LogP contribution in [-0.4, -0.2) is 37.0 Å². The molecule has 0 spiro atoms. The molecule has 0 saturated heterocycles. The molecule has 1 N–H and O–H groups in total. The number of nitrogens with one attached hydrogen (secondary N) is 1. The molecule has 4 aromatic rings. The second-order valence-corrected chi connectivity index (χ2v) is 6.42. The lowest BCUT2D eigenvalue weighted by molar-refractivity contribution is 0.0947. The van der Waals surface area contributed by atoms with Gasteiger partial charge in [0.05, 0.1) is 29.2 Å². The predicted octanol–water partition coefficient (Wildman–Crippen LogP) is 2.75. The van der Waals surface area contributed by atoms with Crippen molar-refractivity contribution in [1.82, 2.24) is 29.9 Å². The Labute approximate surface area is 156 Å². The van der Waals surface area contributed by atoms with Crippen LogP contribution in [0.25, 0.3) is 16.7 Å². The molecule has 0 fully saturated rings. The zero-order valence-electron chi connectivity index (χ0n) is 15.0. The molecule has 136 valence electrons. The summed E-state index contributed by atoms with van der Waals surface area (Å²) in [5.41, 5.74) is 4.43. The average Bonchev–Trinajstić information content (AvgIpc) is 3.33. The van der Waals surface area contributed by atoms with Gasteiger partial charge in [0.25, 0.3) is 5.91 Å². The molecule has 1 amide bonds. The number of benzene rings is 2. The van der Waals surface area contributed by atoms with Gasteiger partial charge in [0, 0.05) is 13.1 Å². The van der Waals surface area contributed by atoms with Gasteiger partial charge in [0.15, 0.2) is 5.69 Å². The van der Waals surface area contributed by atoms with Crippen LogP contribution in [0.2, 0.25) is 0 Å². The summed E-state index contributed by atoms with van der Waals surface area (Å²) in [5.74, 6) is -0.219. The van der Waals surface area contributed by atoms with Gasteiger partial charge in [-0.15, -0.1) is 5.10 Å². The van der Waals surface area contributed by atoms with Crippen molar-refractivity contribution >= 4 is 16.9 Å². The van der Waals surface area contributed by atoms with Crippen molar-refractivity contribution in [2.75, 3.05) is 6.54 Å².